The van der Waals surface area contributed by atoms with Gasteiger partial charge in [0.05, 0.1) is 3.79 Å². The summed E-state index contributed by atoms with van der Waals surface area (Å²) in [6.07, 6.45) is 0. The summed E-state index contributed by atoms with van der Waals surface area (Å²) in [5.41, 5.74) is 7.74. The maximum Gasteiger partial charge on any atom is 0.163 e. The van der Waals surface area contributed by atoms with E-state index in [0.29, 0.717) is 18.9 Å². The van der Waals surface area contributed by atoms with E-state index in [-0.39, 0.29) is 0 Å². The van der Waals surface area contributed by atoms with Gasteiger partial charge in [-0.1, -0.05) is 0 Å². The molecule has 0 atom stereocenters. The van der Waals surface area contributed by atoms with E-state index in [1.165, 1.54) is 0 Å². The molecular weight excluding hydrogens is 302 g/mol. The molecule has 3 rings (SSSR count). The summed E-state index contributed by atoms with van der Waals surface area (Å²) in [5.74, 6) is 1.50. The fourth-order valence-corrected chi connectivity index (χ4v) is 3.20. The molecule has 0 aliphatic carbocycles. The van der Waals surface area contributed by atoms with Crippen LogP contribution in [0.1, 0.15) is 0 Å². The van der Waals surface area contributed by atoms with E-state index in [1.807, 2.05) is 24.3 Å². The largest absolute Gasteiger partial charge is 0.486 e. The average molecular weight is 312 g/mol. The van der Waals surface area contributed by atoms with Crippen molar-refractivity contribution in [2.24, 2.45) is 0 Å². The van der Waals surface area contributed by atoms with E-state index in [2.05, 4.69) is 15.9 Å². The second kappa shape index (κ2) is 4.23. The first kappa shape index (κ1) is 10.9. The number of benzene rings is 1. The summed E-state index contributed by atoms with van der Waals surface area (Å²) < 4.78 is 12.1. The van der Waals surface area contributed by atoms with E-state index in [0.717, 1.165) is 25.7 Å². The Labute approximate surface area is 111 Å². The molecule has 3 nitrogen and oxygen atoms in total. The lowest BCUT2D eigenvalue weighted by atomic mass is 10.1. The third kappa shape index (κ3) is 2.00. The number of hydrogen-bond acceptors (Lipinski definition) is 4. The number of nitrogen functional groups attached to an aromatic ring is 1. The Hall–Kier alpha value is -1.20. The molecule has 0 saturated carbocycles. The second-order valence-corrected chi connectivity index (χ2v) is 6.15. The molecule has 2 N–H and O–H groups in total. The Balaban J connectivity index is 2.11. The standard InChI is InChI=1S/C12H10BrNO2S/c13-12-2-1-11(17-12)7-5-9-10(6-8(7)14)16-4-3-15-9/h1-2,5-6H,3-4,14H2. The number of anilines is 1. The van der Waals surface area contributed by atoms with Crippen LogP contribution < -0.4 is 15.2 Å². The van der Waals surface area contributed by atoms with E-state index < -0.39 is 0 Å². The Bertz CT molecular complexity index is 568. The summed E-state index contributed by atoms with van der Waals surface area (Å²) >= 11 is 5.10. The van der Waals surface area contributed by atoms with Crippen molar-refractivity contribution >= 4 is 33.0 Å². The maximum atomic E-state index is 6.04. The zero-order valence-electron chi connectivity index (χ0n) is 8.90. The summed E-state index contributed by atoms with van der Waals surface area (Å²) in [6, 6.07) is 7.83. The molecule has 0 bridgehead atoms. The SMILES string of the molecule is Nc1cc2c(cc1-c1ccc(Br)s1)OCCO2. The van der Waals surface area contributed by atoms with E-state index in [9.17, 15) is 0 Å². The van der Waals surface area contributed by atoms with Crippen molar-refractivity contribution in [1.82, 2.24) is 0 Å². The summed E-state index contributed by atoms with van der Waals surface area (Å²) in [4.78, 5) is 1.12. The van der Waals surface area contributed by atoms with Gasteiger partial charge >= 0.3 is 0 Å². The quantitative estimate of drug-likeness (QED) is 0.819. The van der Waals surface area contributed by atoms with E-state index in [1.54, 1.807) is 11.3 Å². The van der Waals surface area contributed by atoms with Crippen molar-refractivity contribution < 1.29 is 9.47 Å². The smallest absolute Gasteiger partial charge is 0.163 e. The fourth-order valence-electron chi connectivity index (χ4n) is 1.78. The van der Waals surface area contributed by atoms with Crippen molar-refractivity contribution in [3.63, 3.8) is 0 Å². The number of halogens is 1. The topological polar surface area (TPSA) is 44.5 Å². The van der Waals surface area contributed by atoms with Gasteiger partial charge in [-0.3, -0.25) is 0 Å². The van der Waals surface area contributed by atoms with Crippen molar-refractivity contribution in [1.29, 1.82) is 0 Å². The minimum absolute atomic E-state index is 0.580. The highest BCUT2D eigenvalue weighted by Crippen LogP contribution is 2.41. The second-order valence-electron chi connectivity index (χ2n) is 3.69. The van der Waals surface area contributed by atoms with Crippen LogP contribution in [-0.4, -0.2) is 13.2 Å². The van der Waals surface area contributed by atoms with Gasteiger partial charge in [0.1, 0.15) is 13.2 Å². The van der Waals surface area contributed by atoms with Crippen molar-refractivity contribution in [2.75, 3.05) is 18.9 Å². The van der Waals surface area contributed by atoms with Crippen LogP contribution in [0.15, 0.2) is 28.1 Å². The van der Waals surface area contributed by atoms with E-state index in [4.69, 9.17) is 15.2 Å². The van der Waals surface area contributed by atoms with Crippen LogP contribution in [0.3, 0.4) is 0 Å². The summed E-state index contributed by atoms with van der Waals surface area (Å²) in [5, 5.41) is 0. The van der Waals surface area contributed by atoms with Gasteiger partial charge in [0.15, 0.2) is 11.5 Å². The van der Waals surface area contributed by atoms with Gasteiger partial charge in [-0.15, -0.1) is 11.3 Å². The van der Waals surface area contributed by atoms with Crippen molar-refractivity contribution in [2.45, 2.75) is 0 Å². The number of rotatable bonds is 1. The highest BCUT2D eigenvalue weighted by molar-refractivity contribution is 9.11. The first-order valence-electron chi connectivity index (χ1n) is 5.19. The number of thiophene rings is 1. The number of hydrogen-bond donors (Lipinski definition) is 1. The fraction of sp³-hybridized carbons (Fsp3) is 0.167. The predicted molar refractivity (Wildman–Crippen MR) is 72.9 cm³/mol. The van der Waals surface area contributed by atoms with Crippen LogP contribution in [-0.2, 0) is 0 Å². The predicted octanol–water partition coefficient (Wildman–Crippen LogP) is 3.53. The van der Waals surface area contributed by atoms with Gasteiger partial charge in [-0.2, -0.15) is 0 Å². The van der Waals surface area contributed by atoms with Gasteiger partial charge in [-0.05, 0) is 34.1 Å². The number of fused-ring (bicyclic) bond motifs is 1. The molecule has 1 aliphatic rings. The van der Waals surface area contributed by atoms with Gasteiger partial charge in [-0.25, -0.2) is 0 Å². The van der Waals surface area contributed by atoms with Gasteiger partial charge in [0.2, 0.25) is 0 Å². The van der Waals surface area contributed by atoms with Crippen LogP contribution >= 0.6 is 27.3 Å². The highest BCUT2D eigenvalue weighted by Gasteiger charge is 2.16. The van der Waals surface area contributed by atoms with Crippen molar-refractivity contribution in [3.8, 4) is 21.9 Å². The lowest BCUT2D eigenvalue weighted by Gasteiger charge is -2.19. The maximum absolute atomic E-state index is 6.04. The molecule has 0 amide bonds. The molecule has 0 unspecified atom stereocenters. The van der Waals surface area contributed by atoms with Gasteiger partial charge in [0, 0.05) is 22.2 Å². The minimum Gasteiger partial charge on any atom is -0.486 e. The Morgan fingerprint density at radius 2 is 1.82 bits per heavy atom. The monoisotopic (exact) mass is 311 g/mol. The number of nitrogens with two attached hydrogens (primary N) is 1. The summed E-state index contributed by atoms with van der Waals surface area (Å²) in [6.45, 7) is 1.17. The van der Waals surface area contributed by atoms with Crippen LogP contribution in [0.5, 0.6) is 11.5 Å². The Morgan fingerprint density at radius 1 is 1.12 bits per heavy atom. The molecule has 1 aromatic carbocycles. The van der Waals surface area contributed by atoms with Crippen LogP contribution in [0.4, 0.5) is 5.69 Å². The molecule has 1 aliphatic heterocycles. The van der Waals surface area contributed by atoms with Crippen LogP contribution in [0.2, 0.25) is 0 Å². The lowest BCUT2D eigenvalue weighted by Crippen LogP contribution is -2.15. The molecule has 5 heteroatoms. The normalized spacial score (nSPS) is 13.7. The van der Waals surface area contributed by atoms with Crippen molar-refractivity contribution in [3.05, 3.63) is 28.1 Å². The minimum atomic E-state index is 0.580. The molecule has 2 heterocycles. The molecule has 0 radical (unpaired) electrons. The third-order valence-electron chi connectivity index (χ3n) is 2.55. The third-order valence-corrected chi connectivity index (χ3v) is 4.21. The summed E-state index contributed by atoms with van der Waals surface area (Å²) in [7, 11) is 0. The average Bonchev–Trinajstić information content (AvgIpc) is 2.75. The Morgan fingerprint density at radius 3 is 2.47 bits per heavy atom. The number of ether oxygens (including phenoxy) is 2. The zero-order valence-corrected chi connectivity index (χ0v) is 11.3. The first-order chi connectivity index (χ1) is 8.24. The molecular formula is C12H10BrNO2S. The Kier molecular flexibility index (Phi) is 2.72. The highest BCUT2D eigenvalue weighted by atomic mass is 79.9. The molecule has 1 aromatic heterocycles. The molecule has 2 aromatic rings. The van der Waals surface area contributed by atoms with E-state index >= 15 is 0 Å². The van der Waals surface area contributed by atoms with Gasteiger partial charge < -0.3 is 15.2 Å². The van der Waals surface area contributed by atoms with Gasteiger partial charge in [0.25, 0.3) is 0 Å². The van der Waals surface area contributed by atoms with Crippen LogP contribution in [0.25, 0.3) is 10.4 Å². The molecule has 0 fully saturated rings. The molecule has 0 saturated heterocycles. The molecule has 0 spiro atoms. The zero-order chi connectivity index (χ0) is 11.8. The molecule has 17 heavy (non-hydrogen) atoms. The lowest BCUT2D eigenvalue weighted by molar-refractivity contribution is 0.172. The molecule has 88 valence electrons. The van der Waals surface area contributed by atoms with Crippen LogP contribution in [0, 0.1) is 0 Å². The first-order valence-corrected chi connectivity index (χ1v) is 6.80.